The number of esters is 4. The van der Waals surface area contributed by atoms with Gasteiger partial charge in [-0.3, -0.25) is 4.79 Å². The Labute approximate surface area is 265 Å². The van der Waals surface area contributed by atoms with E-state index in [4.69, 9.17) is 33.2 Å². The van der Waals surface area contributed by atoms with E-state index in [9.17, 15) is 19.2 Å². The van der Waals surface area contributed by atoms with E-state index in [0.717, 1.165) is 0 Å². The van der Waals surface area contributed by atoms with E-state index in [1.54, 1.807) is 103 Å². The zero-order chi connectivity index (χ0) is 32.3. The number of carbonyl (C=O) groups is 4. The minimum Gasteiger partial charge on any atom is -0.459 e. The quantitative estimate of drug-likeness (QED) is 0.166. The highest BCUT2D eigenvalue weighted by molar-refractivity contribution is 5.90. The molecule has 6 atom stereocenters. The summed E-state index contributed by atoms with van der Waals surface area (Å²) in [6.07, 6.45) is -1.12. The average Bonchev–Trinajstić information content (AvgIpc) is 3.08. The van der Waals surface area contributed by atoms with Crippen LogP contribution in [0.5, 0.6) is 0 Å². The molecule has 0 aromatic heterocycles. The van der Waals surface area contributed by atoms with E-state index < -0.39 is 60.9 Å². The molecule has 5 rings (SSSR count). The number of ether oxygens (including phenoxy) is 7. The Bertz CT molecular complexity index is 1490. The summed E-state index contributed by atoms with van der Waals surface area (Å²) >= 11 is 0. The van der Waals surface area contributed by atoms with Crippen molar-refractivity contribution in [3.05, 3.63) is 120 Å². The van der Waals surface area contributed by atoms with E-state index in [1.165, 1.54) is 6.92 Å². The van der Waals surface area contributed by atoms with Crippen LogP contribution in [0.1, 0.15) is 50.8 Å². The lowest BCUT2D eigenvalue weighted by Crippen LogP contribution is -2.48. The molecule has 1 fully saturated rings. The van der Waals surface area contributed by atoms with Crippen LogP contribution >= 0.6 is 0 Å². The molecule has 0 aliphatic carbocycles. The molecule has 2 aliphatic rings. The average molecular weight is 631 g/mol. The Hall–Kier alpha value is -4.84. The molecule has 0 saturated carbocycles. The van der Waals surface area contributed by atoms with Gasteiger partial charge in [-0.05, 0) is 55.0 Å². The maximum absolute atomic E-state index is 12.9. The summed E-state index contributed by atoms with van der Waals surface area (Å²) in [5.74, 6) is -2.20. The lowest BCUT2D eigenvalue weighted by atomic mass is 10.0. The predicted octanol–water partition coefficient (Wildman–Crippen LogP) is 4.66. The molecule has 3 aromatic rings. The van der Waals surface area contributed by atoms with Crippen molar-refractivity contribution in [3.8, 4) is 0 Å². The van der Waals surface area contributed by atoms with Crippen LogP contribution in [0.3, 0.4) is 0 Å². The maximum Gasteiger partial charge on any atom is 0.338 e. The molecule has 11 heteroatoms. The summed E-state index contributed by atoms with van der Waals surface area (Å²) < 4.78 is 40.4. The molecule has 0 spiro atoms. The normalized spacial score (nSPS) is 23.9. The fraction of sp³-hybridized carbons (Fsp3) is 0.314. The van der Waals surface area contributed by atoms with Crippen LogP contribution in [-0.4, -0.2) is 74.1 Å². The summed E-state index contributed by atoms with van der Waals surface area (Å²) in [4.78, 5) is 49.7. The van der Waals surface area contributed by atoms with Crippen molar-refractivity contribution in [3.63, 3.8) is 0 Å². The summed E-state index contributed by atoms with van der Waals surface area (Å²) in [5, 5.41) is 0. The van der Waals surface area contributed by atoms with Gasteiger partial charge in [0.2, 0.25) is 6.29 Å². The molecule has 0 radical (unpaired) electrons. The second-order valence-electron chi connectivity index (χ2n) is 10.6. The van der Waals surface area contributed by atoms with Crippen molar-refractivity contribution >= 4 is 23.9 Å². The lowest BCUT2D eigenvalue weighted by molar-refractivity contribution is -0.266. The van der Waals surface area contributed by atoms with E-state index >= 15 is 0 Å². The SMILES string of the molecule is CC(=O)O[C@@H]1CC[C@H](O[C@H]2C=C[C@H](OC(=O)c3ccccc3)[C@@H](COC(=O)c3ccccc3)O2)[C@@H](COC(=O)c2ccccc2)O1. The first-order valence-corrected chi connectivity index (χ1v) is 14.9. The maximum atomic E-state index is 12.9. The lowest BCUT2D eigenvalue weighted by Gasteiger charge is -2.38. The minimum absolute atomic E-state index is 0.179. The van der Waals surface area contributed by atoms with Crippen LogP contribution in [-0.2, 0) is 38.0 Å². The van der Waals surface area contributed by atoms with Gasteiger partial charge >= 0.3 is 23.9 Å². The van der Waals surface area contributed by atoms with Gasteiger partial charge in [-0.2, -0.15) is 0 Å². The zero-order valence-corrected chi connectivity index (χ0v) is 25.1. The number of hydrogen-bond donors (Lipinski definition) is 0. The smallest absolute Gasteiger partial charge is 0.338 e. The van der Waals surface area contributed by atoms with Crippen molar-refractivity contribution in [1.29, 1.82) is 0 Å². The van der Waals surface area contributed by atoms with E-state index in [1.807, 2.05) is 0 Å². The molecule has 2 aliphatic heterocycles. The summed E-state index contributed by atoms with van der Waals surface area (Å²) in [6, 6.07) is 25.4. The Kier molecular flexibility index (Phi) is 11.3. The molecule has 2 heterocycles. The van der Waals surface area contributed by atoms with Crippen molar-refractivity contribution < 1.29 is 52.3 Å². The summed E-state index contributed by atoms with van der Waals surface area (Å²) in [5.41, 5.74) is 1.08. The third kappa shape index (κ3) is 9.10. The molecule has 0 amide bonds. The summed E-state index contributed by atoms with van der Waals surface area (Å²) in [7, 11) is 0. The Morgan fingerprint density at radius 2 is 1.15 bits per heavy atom. The first-order valence-electron chi connectivity index (χ1n) is 14.9. The van der Waals surface area contributed by atoms with Gasteiger partial charge in [0.25, 0.3) is 0 Å². The van der Waals surface area contributed by atoms with E-state index in [-0.39, 0.29) is 13.2 Å². The molecular weight excluding hydrogens is 596 g/mol. The molecule has 0 bridgehead atoms. The number of carbonyl (C=O) groups excluding carboxylic acids is 4. The highest BCUT2D eigenvalue weighted by Gasteiger charge is 2.39. The van der Waals surface area contributed by atoms with Crippen molar-refractivity contribution in [2.24, 2.45) is 0 Å². The summed E-state index contributed by atoms with van der Waals surface area (Å²) in [6.45, 7) is 0.864. The highest BCUT2D eigenvalue weighted by atomic mass is 16.7. The van der Waals surface area contributed by atoms with Gasteiger partial charge in [0.1, 0.15) is 25.4 Å². The molecular formula is C35H34O11. The van der Waals surface area contributed by atoms with Gasteiger partial charge in [-0.25, -0.2) is 14.4 Å². The van der Waals surface area contributed by atoms with Gasteiger partial charge in [0.15, 0.2) is 12.4 Å². The number of benzene rings is 3. The largest absolute Gasteiger partial charge is 0.459 e. The van der Waals surface area contributed by atoms with Crippen LogP contribution < -0.4 is 0 Å². The van der Waals surface area contributed by atoms with Crippen molar-refractivity contribution in [1.82, 2.24) is 0 Å². The number of rotatable bonds is 11. The minimum atomic E-state index is -0.960. The Morgan fingerprint density at radius 3 is 1.70 bits per heavy atom. The fourth-order valence-electron chi connectivity index (χ4n) is 4.93. The van der Waals surface area contributed by atoms with Crippen LogP contribution in [0, 0.1) is 0 Å². The van der Waals surface area contributed by atoms with Crippen LogP contribution in [0.2, 0.25) is 0 Å². The van der Waals surface area contributed by atoms with E-state index in [0.29, 0.717) is 29.5 Å². The van der Waals surface area contributed by atoms with Gasteiger partial charge in [-0.1, -0.05) is 54.6 Å². The van der Waals surface area contributed by atoms with Crippen LogP contribution in [0.15, 0.2) is 103 Å². The van der Waals surface area contributed by atoms with Gasteiger partial charge < -0.3 is 33.2 Å². The first-order chi connectivity index (χ1) is 22.4. The van der Waals surface area contributed by atoms with Crippen LogP contribution in [0.25, 0.3) is 0 Å². The molecule has 1 saturated heterocycles. The van der Waals surface area contributed by atoms with Gasteiger partial charge in [0.05, 0.1) is 22.8 Å². The standard InChI is InChI=1S/C35H34O11/c1-23(36)42-31-19-17-27(29(44-31)21-40-33(37)24-11-5-2-6-12-24)43-32-20-18-28(46-35(39)26-15-9-4-10-16-26)30(45-32)22-41-34(38)25-13-7-3-8-14-25/h2-16,18,20,27-32H,17,19,21-22H2,1H3/t27-,28-,29+,30+,31-,32+/m0/s1. The third-order valence-corrected chi connectivity index (χ3v) is 7.20. The Morgan fingerprint density at radius 1 is 0.630 bits per heavy atom. The molecule has 46 heavy (non-hydrogen) atoms. The molecule has 11 nitrogen and oxygen atoms in total. The molecule has 0 unspecified atom stereocenters. The second kappa shape index (κ2) is 15.9. The molecule has 3 aromatic carbocycles. The predicted molar refractivity (Wildman–Crippen MR) is 161 cm³/mol. The fourth-order valence-corrected chi connectivity index (χ4v) is 4.93. The topological polar surface area (TPSA) is 133 Å². The van der Waals surface area contributed by atoms with Gasteiger partial charge in [-0.15, -0.1) is 0 Å². The highest BCUT2D eigenvalue weighted by Crippen LogP contribution is 2.28. The Balaban J connectivity index is 1.27. The molecule has 0 N–H and O–H groups in total. The monoisotopic (exact) mass is 630 g/mol. The third-order valence-electron chi connectivity index (χ3n) is 7.20. The molecule has 240 valence electrons. The zero-order valence-electron chi connectivity index (χ0n) is 25.1. The first kappa shape index (κ1) is 32.6. The van der Waals surface area contributed by atoms with Crippen molar-refractivity contribution in [2.75, 3.05) is 13.2 Å². The van der Waals surface area contributed by atoms with Gasteiger partial charge in [0, 0.05) is 13.3 Å². The second-order valence-corrected chi connectivity index (χ2v) is 10.6. The van der Waals surface area contributed by atoms with Crippen LogP contribution in [0.4, 0.5) is 0 Å². The van der Waals surface area contributed by atoms with Crippen molar-refractivity contribution in [2.45, 2.75) is 56.8 Å². The number of hydrogen-bond acceptors (Lipinski definition) is 11. The van der Waals surface area contributed by atoms with E-state index in [2.05, 4.69) is 0 Å².